The highest BCUT2D eigenvalue weighted by atomic mass is 32.2. The van der Waals surface area contributed by atoms with Crippen molar-refractivity contribution in [2.75, 3.05) is 0 Å². The number of fused-ring (bicyclic) bond motifs is 1. The van der Waals surface area contributed by atoms with Gasteiger partial charge in [-0.3, -0.25) is 15.0 Å². The van der Waals surface area contributed by atoms with Crippen molar-refractivity contribution in [3.63, 3.8) is 0 Å². The fraction of sp³-hybridized carbons (Fsp3) is 0. The number of pyridine rings is 1. The Bertz CT molecular complexity index is 1040. The van der Waals surface area contributed by atoms with Gasteiger partial charge in [-0.05, 0) is 42.0 Å². The van der Waals surface area contributed by atoms with Gasteiger partial charge in [0, 0.05) is 18.5 Å². The summed E-state index contributed by atoms with van der Waals surface area (Å²) < 4.78 is 26.9. The smallest absolute Gasteiger partial charge is 0.268 e. The van der Waals surface area contributed by atoms with Gasteiger partial charge in [0.25, 0.3) is 15.9 Å². The van der Waals surface area contributed by atoms with Gasteiger partial charge in [0.1, 0.15) is 0 Å². The van der Waals surface area contributed by atoms with Crippen LogP contribution in [0.4, 0.5) is 0 Å². The third kappa shape index (κ3) is 2.92. The number of rotatable bonds is 4. The second-order valence-electron chi connectivity index (χ2n) is 4.91. The van der Waals surface area contributed by atoms with Gasteiger partial charge in [-0.25, -0.2) is 17.9 Å². The molecule has 1 amide bonds. The standard InChI is InChI=1S/C16H13N3O4S/c20-16(18-21)7-6-12-3-1-4-13(11-12)24(22,23)19-10-8-14-15(19)5-2-9-17-14/h1-11,21H,(H,18,20). The zero-order valence-corrected chi connectivity index (χ0v) is 13.1. The van der Waals surface area contributed by atoms with Crippen LogP contribution in [0.5, 0.6) is 0 Å². The van der Waals surface area contributed by atoms with Crippen LogP contribution < -0.4 is 5.48 Å². The van der Waals surface area contributed by atoms with Crippen molar-refractivity contribution in [1.82, 2.24) is 14.4 Å². The minimum atomic E-state index is -3.80. The number of hydroxylamine groups is 1. The van der Waals surface area contributed by atoms with Gasteiger partial charge in [0.15, 0.2) is 0 Å². The Kier molecular flexibility index (Phi) is 4.15. The molecule has 2 heterocycles. The van der Waals surface area contributed by atoms with E-state index in [-0.39, 0.29) is 4.90 Å². The summed E-state index contributed by atoms with van der Waals surface area (Å²) in [5.74, 6) is -0.703. The van der Waals surface area contributed by atoms with Crippen LogP contribution in [0.3, 0.4) is 0 Å². The highest BCUT2D eigenvalue weighted by Crippen LogP contribution is 2.21. The van der Waals surface area contributed by atoms with E-state index in [1.165, 1.54) is 33.9 Å². The molecule has 0 bridgehead atoms. The minimum absolute atomic E-state index is 0.0791. The summed E-state index contributed by atoms with van der Waals surface area (Å²) in [7, 11) is -3.80. The molecule has 3 rings (SSSR count). The Morgan fingerprint density at radius 1 is 1.21 bits per heavy atom. The average Bonchev–Trinajstić information content (AvgIpc) is 3.04. The van der Waals surface area contributed by atoms with E-state index in [0.717, 1.165) is 6.08 Å². The second-order valence-corrected chi connectivity index (χ2v) is 6.72. The third-order valence-electron chi connectivity index (χ3n) is 3.37. The Labute approximate surface area is 137 Å². The van der Waals surface area contributed by atoms with E-state index in [4.69, 9.17) is 5.21 Å². The molecule has 8 heteroatoms. The van der Waals surface area contributed by atoms with Gasteiger partial charge in [0.05, 0.1) is 15.9 Å². The van der Waals surface area contributed by atoms with Gasteiger partial charge in [-0.15, -0.1) is 0 Å². The van der Waals surface area contributed by atoms with E-state index in [1.807, 2.05) is 0 Å². The molecule has 0 atom stereocenters. The molecule has 24 heavy (non-hydrogen) atoms. The second kappa shape index (κ2) is 6.26. The molecule has 3 aromatic rings. The maximum absolute atomic E-state index is 12.8. The van der Waals surface area contributed by atoms with E-state index in [0.29, 0.717) is 16.6 Å². The lowest BCUT2D eigenvalue weighted by atomic mass is 10.2. The molecular formula is C16H13N3O4S. The normalized spacial score (nSPS) is 11.9. The summed E-state index contributed by atoms with van der Waals surface area (Å²) in [4.78, 5) is 15.2. The van der Waals surface area contributed by atoms with Crippen molar-refractivity contribution < 1.29 is 18.4 Å². The van der Waals surface area contributed by atoms with Gasteiger partial charge in [-0.2, -0.15) is 0 Å². The summed E-state index contributed by atoms with van der Waals surface area (Å²) in [5.41, 5.74) is 3.04. The lowest BCUT2D eigenvalue weighted by Gasteiger charge is -2.08. The molecule has 0 spiro atoms. The first-order valence-electron chi connectivity index (χ1n) is 6.92. The number of carbonyl (C=O) groups excluding carboxylic acids is 1. The summed E-state index contributed by atoms with van der Waals surface area (Å²) in [5, 5.41) is 8.47. The molecule has 0 aliphatic rings. The number of hydrogen-bond donors (Lipinski definition) is 2. The number of amides is 1. The molecular weight excluding hydrogens is 330 g/mol. The molecule has 0 aliphatic heterocycles. The molecule has 7 nitrogen and oxygen atoms in total. The summed E-state index contributed by atoms with van der Waals surface area (Å²) >= 11 is 0. The largest absolute Gasteiger partial charge is 0.288 e. The molecule has 0 radical (unpaired) electrons. The number of benzene rings is 1. The molecule has 2 N–H and O–H groups in total. The van der Waals surface area contributed by atoms with Crippen LogP contribution in [0.2, 0.25) is 0 Å². The molecule has 0 saturated carbocycles. The van der Waals surface area contributed by atoms with Gasteiger partial charge >= 0.3 is 0 Å². The first kappa shape index (κ1) is 15.9. The quantitative estimate of drug-likeness (QED) is 0.427. The first-order chi connectivity index (χ1) is 11.5. The number of nitrogens with zero attached hydrogens (tertiary/aromatic N) is 2. The third-order valence-corrected chi connectivity index (χ3v) is 5.06. The summed E-state index contributed by atoms with van der Waals surface area (Å²) in [6.07, 6.45) is 5.55. The van der Waals surface area contributed by atoms with E-state index in [1.54, 1.807) is 36.5 Å². The molecule has 2 aromatic heterocycles. The zero-order chi connectivity index (χ0) is 17.2. The fourth-order valence-electron chi connectivity index (χ4n) is 2.25. The molecule has 122 valence electrons. The lowest BCUT2D eigenvalue weighted by Crippen LogP contribution is -2.14. The van der Waals surface area contributed by atoms with E-state index in [2.05, 4.69) is 4.98 Å². The predicted molar refractivity (Wildman–Crippen MR) is 87.7 cm³/mol. The summed E-state index contributed by atoms with van der Waals surface area (Å²) in [6, 6.07) is 11.1. The van der Waals surface area contributed by atoms with Crippen LogP contribution in [0, 0.1) is 0 Å². The van der Waals surface area contributed by atoms with Crippen molar-refractivity contribution in [3.8, 4) is 0 Å². The lowest BCUT2D eigenvalue weighted by molar-refractivity contribution is -0.124. The van der Waals surface area contributed by atoms with Gasteiger partial charge in [0.2, 0.25) is 0 Å². The topological polar surface area (TPSA) is 101 Å². The van der Waals surface area contributed by atoms with Crippen molar-refractivity contribution >= 4 is 33.0 Å². The molecule has 0 fully saturated rings. The van der Waals surface area contributed by atoms with Crippen molar-refractivity contribution in [2.45, 2.75) is 4.90 Å². The van der Waals surface area contributed by atoms with Crippen LogP contribution in [0.1, 0.15) is 5.56 Å². The Balaban J connectivity index is 2.04. The first-order valence-corrected chi connectivity index (χ1v) is 8.36. The Morgan fingerprint density at radius 2 is 2.04 bits per heavy atom. The number of carbonyl (C=O) groups is 1. The van der Waals surface area contributed by atoms with E-state index < -0.39 is 15.9 Å². The molecule has 0 aliphatic carbocycles. The Hall–Kier alpha value is -2.97. The maximum Gasteiger partial charge on any atom is 0.268 e. The molecule has 1 aromatic carbocycles. The van der Waals surface area contributed by atoms with E-state index >= 15 is 0 Å². The maximum atomic E-state index is 12.8. The van der Waals surface area contributed by atoms with Crippen LogP contribution in [-0.4, -0.2) is 28.5 Å². The fourth-order valence-corrected chi connectivity index (χ4v) is 3.65. The average molecular weight is 343 g/mol. The monoisotopic (exact) mass is 343 g/mol. The van der Waals surface area contributed by atoms with Crippen molar-refractivity contribution in [2.24, 2.45) is 0 Å². The summed E-state index contributed by atoms with van der Waals surface area (Å²) in [6.45, 7) is 0. The highest BCUT2D eigenvalue weighted by Gasteiger charge is 2.19. The molecule has 0 unspecified atom stereocenters. The van der Waals surface area contributed by atoms with Crippen molar-refractivity contribution in [3.05, 3.63) is 66.5 Å². The zero-order valence-electron chi connectivity index (χ0n) is 12.3. The van der Waals surface area contributed by atoms with Gasteiger partial charge in [-0.1, -0.05) is 12.1 Å². The van der Waals surface area contributed by atoms with Crippen LogP contribution in [0.15, 0.2) is 65.8 Å². The van der Waals surface area contributed by atoms with Crippen molar-refractivity contribution in [1.29, 1.82) is 0 Å². The van der Waals surface area contributed by atoms with Gasteiger partial charge < -0.3 is 0 Å². The van der Waals surface area contributed by atoms with Crippen LogP contribution in [0.25, 0.3) is 17.1 Å². The molecule has 0 saturated heterocycles. The SMILES string of the molecule is O=C(C=Cc1cccc(S(=O)(=O)n2ccc3ncccc32)c1)NO. The number of hydrogen-bond acceptors (Lipinski definition) is 5. The number of aromatic nitrogens is 2. The number of nitrogens with one attached hydrogen (secondary N) is 1. The van der Waals surface area contributed by atoms with Crippen LogP contribution in [-0.2, 0) is 14.8 Å². The van der Waals surface area contributed by atoms with E-state index in [9.17, 15) is 13.2 Å². The Morgan fingerprint density at radius 3 is 2.83 bits per heavy atom. The minimum Gasteiger partial charge on any atom is -0.288 e. The highest BCUT2D eigenvalue weighted by molar-refractivity contribution is 7.90. The van der Waals surface area contributed by atoms with Crippen LogP contribution >= 0.6 is 0 Å². The predicted octanol–water partition coefficient (Wildman–Crippen LogP) is 1.79.